The second-order valence-electron chi connectivity index (χ2n) is 5.69. The Morgan fingerprint density at radius 2 is 1.05 bits per heavy atom. The first kappa shape index (κ1) is 11.7. The average Bonchev–Trinajstić information content (AvgIpc) is 2.60. The third-order valence-corrected chi connectivity index (χ3v) is 4.48. The van der Waals surface area contributed by atoms with Crippen molar-refractivity contribution in [2.24, 2.45) is 0 Å². The predicted octanol–water partition coefficient (Wildman–Crippen LogP) is 5.69. The molecule has 0 unspecified atom stereocenters. The Morgan fingerprint density at radius 1 is 0.455 bits per heavy atom. The van der Waals surface area contributed by atoms with Crippen molar-refractivity contribution in [1.82, 2.24) is 4.98 Å². The van der Waals surface area contributed by atoms with E-state index in [9.17, 15) is 0 Å². The number of hydrogen-bond donors (Lipinski definition) is 0. The molecule has 1 nitrogen and oxygen atoms in total. The summed E-state index contributed by atoms with van der Waals surface area (Å²) in [5.41, 5.74) is 1.09. The Hall–Kier alpha value is -2.93. The summed E-state index contributed by atoms with van der Waals surface area (Å²) < 4.78 is 0. The fourth-order valence-electron chi connectivity index (χ4n) is 3.42. The Kier molecular flexibility index (Phi) is 2.28. The highest BCUT2D eigenvalue weighted by atomic mass is 14.7. The van der Waals surface area contributed by atoms with Gasteiger partial charge in [0.1, 0.15) is 0 Å². The van der Waals surface area contributed by atoms with Crippen LogP contribution in [0.25, 0.3) is 43.2 Å². The Balaban J connectivity index is 2.04. The smallest absolute Gasteiger partial charge is 0.0786 e. The van der Waals surface area contributed by atoms with Crippen LogP contribution in [-0.4, -0.2) is 4.98 Å². The molecular weight excluding hydrogens is 266 g/mol. The monoisotopic (exact) mass is 279 g/mol. The van der Waals surface area contributed by atoms with Gasteiger partial charge in [0, 0.05) is 22.4 Å². The Labute approximate surface area is 127 Å². The summed E-state index contributed by atoms with van der Waals surface area (Å²) in [5, 5.41) is 8.74. The number of fused-ring (bicyclic) bond motifs is 7. The fourth-order valence-corrected chi connectivity index (χ4v) is 3.42. The molecular formula is C21H13N. The molecule has 0 bridgehead atoms. The molecule has 0 saturated heterocycles. The minimum atomic E-state index is 1.09. The van der Waals surface area contributed by atoms with E-state index in [1.165, 1.54) is 37.7 Å². The summed E-state index contributed by atoms with van der Waals surface area (Å²) in [4.78, 5) is 4.74. The highest BCUT2D eigenvalue weighted by Crippen LogP contribution is 2.32. The van der Waals surface area contributed by atoms with Gasteiger partial charge in [0.2, 0.25) is 0 Å². The molecule has 0 atom stereocenters. The van der Waals surface area contributed by atoms with E-state index in [1.54, 1.807) is 0 Å². The third kappa shape index (κ3) is 1.51. The van der Waals surface area contributed by atoms with Gasteiger partial charge in [-0.3, -0.25) is 4.98 Å². The van der Waals surface area contributed by atoms with Crippen LogP contribution in [0, 0.1) is 0 Å². The van der Waals surface area contributed by atoms with E-state index >= 15 is 0 Å². The van der Waals surface area contributed by atoms with Gasteiger partial charge in [0.05, 0.1) is 5.52 Å². The van der Waals surface area contributed by atoms with E-state index in [0.29, 0.717) is 0 Å². The molecule has 1 heterocycles. The van der Waals surface area contributed by atoms with E-state index in [4.69, 9.17) is 4.98 Å². The Morgan fingerprint density at radius 3 is 1.91 bits per heavy atom. The quantitative estimate of drug-likeness (QED) is 0.332. The van der Waals surface area contributed by atoms with E-state index < -0.39 is 0 Å². The van der Waals surface area contributed by atoms with Crippen molar-refractivity contribution >= 4 is 43.2 Å². The van der Waals surface area contributed by atoms with Crippen LogP contribution in [0.2, 0.25) is 0 Å². The van der Waals surface area contributed by atoms with Crippen LogP contribution in [0.3, 0.4) is 0 Å². The van der Waals surface area contributed by atoms with Gasteiger partial charge in [-0.2, -0.15) is 0 Å². The first-order valence-corrected chi connectivity index (χ1v) is 7.50. The second-order valence-corrected chi connectivity index (χ2v) is 5.69. The molecule has 4 aromatic carbocycles. The first-order chi connectivity index (χ1) is 10.9. The SMILES string of the molecule is c1ccc2c(c1)ccc1c2ccc2c3ccccc3cnc21. The van der Waals surface area contributed by atoms with Crippen molar-refractivity contribution in [3.8, 4) is 0 Å². The highest BCUT2D eigenvalue weighted by Gasteiger charge is 2.07. The average molecular weight is 279 g/mol. The number of rotatable bonds is 0. The number of hydrogen-bond acceptors (Lipinski definition) is 1. The lowest BCUT2D eigenvalue weighted by Crippen LogP contribution is -1.85. The van der Waals surface area contributed by atoms with E-state index in [1.807, 2.05) is 6.20 Å². The molecule has 102 valence electrons. The minimum Gasteiger partial charge on any atom is -0.255 e. The maximum Gasteiger partial charge on any atom is 0.0786 e. The lowest BCUT2D eigenvalue weighted by atomic mass is 9.98. The maximum atomic E-state index is 4.74. The molecule has 1 heteroatoms. The fraction of sp³-hybridized carbons (Fsp3) is 0. The topological polar surface area (TPSA) is 12.9 Å². The van der Waals surface area contributed by atoms with E-state index in [0.717, 1.165) is 5.52 Å². The standard InChI is InChI=1S/C21H13N/c1-3-7-16-14(5-1)9-10-20-18(16)11-12-19-17-8-4-2-6-15(17)13-22-21(19)20/h1-13H. The van der Waals surface area contributed by atoms with Crippen LogP contribution >= 0.6 is 0 Å². The maximum absolute atomic E-state index is 4.74. The Bertz CT molecular complexity index is 1080. The van der Waals surface area contributed by atoms with Crippen molar-refractivity contribution in [1.29, 1.82) is 0 Å². The van der Waals surface area contributed by atoms with E-state index in [-0.39, 0.29) is 0 Å². The van der Waals surface area contributed by atoms with Gasteiger partial charge in [-0.05, 0) is 21.5 Å². The third-order valence-electron chi connectivity index (χ3n) is 4.48. The minimum absolute atomic E-state index is 1.09. The van der Waals surface area contributed by atoms with Crippen LogP contribution < -0.4 is 0 Å². The zero-order valence-corrected chi connectivity index (χ0v) is 12.0. The summed E-state index contributed by atoms with van der Waals surface area (Å²) in [5.74, 6) is 0. The lowest BCUT2D eigenvalue weighted by molar-refractivity contribution is 1.46. The molecule has 0 N–H and O–H groups in total. The predicted molar refractivity (Wildman–Crippen MR) is 94.3 cm³/mol. The molecule has 0 aliphatic rings. The van der Waals surface area contributed by atoms with Crippen molar-refractivity contribution in [2.75, 3.05) is 0 Å². The van der Waals surface area contributed by atoms with Gasteiger partial charge in [0.15, 0.2) is 0 Å². The largest absolute Gasteiger partial charge is 0.255 e. The molecule has 0 aliphatic carbocycles. The summed E-state index contributed by atoms with van der Waals surface area (Å²) in [6.45, 7) is 0. The van der Waals surface area contributed by atoms with Crippen LogP contribution in [0.4, 0.5) is 0 Å². The second kappa shape index (κ2) is 4.28. The van der Waals surface area contributed by atoms with Gasteiger partial charge in [-0.15, -0.1) is 0 Å². The van der Waals surface area contributed by atoms with E-state index in [2.05, 4.69) is 72.8 Å². The molecule has 0 aliphatic heterocycles. The van der Waals surface area contributed by atoms with Crippen molar-refractivity contribution < 1.29 is 0 Å². The molecule has 0 radical (unpaired) electrons. The van der Waals surface area contributed by atoms with Gasteiger partial charge in [-0.25, -0.2) is 0 Å². The van der Waals surface area contributed by atoms with Crippen LogP contribution in [0.1, 0.15) is 0 Å². The summed E-state index contributed by atoms with van der Waals surface area (Å²) in [7, 11) is 0. The summed E-state index contributed by atoms with van der Waals surface area (Å²) in [6, 6.07) is 25.8. The molecule has 0 spiro atoms. The normalized spacial score (nSPS) is 11.6. The molecule has 0 fully saturated rings. The lowest BCUT2D eigenvalue weighted by Gasteiger charge is -2.08. The number of benzene rings is 4. The van der Waals surface area contributed by atoms with Crippen molar-refractivity contribution in [2.45, 2.75) is 0 Å². The summed E-state index contributed by atoms with van der Waals surface area (Å²) >= 11 is 0. The summed E-state index contributed by atoms with van der Waals surface area (Å²) in [6.07, 6.45) is 1.98. The van der Waals surface area contributed by atoms with Crippen molar-refractivity contribution in [3.63, 3.8) is 0 Å². The molecule has 1 aromatic heterocycles. The van der Waals surface area contributed by atoms with Gasteiger partial charge >= 0.3 is 0 Å². The highest BCUT2D eigenvalue weighted by molar-refractivity contribution is 6.20. The first-order valence-electron chi connectivity index (χ1n) is 7.50. The molecule has 22 heavy (non-hydrogen) atoms. The number of pyridine rings is 1. The molecule has 5 aromatic rings. The van der Waals surface area contributed by atoms with Gasteiger partial charge < -0.3 is 0 Å². The van der Waals surface area contributed by atoms with Crippen LogP contribution in [0.5, 0.6) is 0 Å². The number of aromatic nitrogens is 1. The number of nitrogens with zero attached hydrogens (tertiary/aromatic N) is 1. The van der Waals surface area contributed by atoms with Crippen LogP contribution in [0.15, 0.2) is 79.0 Å². The molecule has 5 rings (SSSR count). The zero-order chi connectivity index (χ0) is 14.5. The van der Waals surface area contributed by atoms with Gasteiger partial charge in [0.25, 0.3) is 0 Å². The van der Waals surface area contributed by atoms with Gasteiger partial charge in [-0.1, -0.05) is 72.8 Å². The van der Waals surface area contributed by atoms with Crippen LogP contribution in [-0.2, 0) is 0 Å². The zero-order valence-electron chi connectivity index (χ0n) is 12.0. The molecule has 0 amide bonds. The molecule has 0 saturated carbocycles. The van der Waals surface area contributed by atoms with Crippen molar-refractivity contribution in [3.05, 3.63) is 79.0 Å².